The van der Waals surface area contributed by atoms with Gasteiger partial charge in [0.05, 0.1) is 6.61 Å². The summed E-state index contributed by atoms with van der Waals surface area (Å²) in [4.78, 5) is 18.9. The molecule has 0 unspecified atom stereocenters. The van der Waals surface area contributed by atoms with E-state index < -0.39 is 0 Å². The minimum absolute atomic E-state index is 0.352. The highest BCUT2D eigenvalue weighted by atomic mass is 79.9. The molecule has 1 N–H and O–H groups in total. The first-order valence-electron chi connectivity index (χ1n) is 6.04. The Morgan fingerprint density at radius 3 is 2.95 bits per heavy atom. The number of aliphatic imine (C=N–C) groups is 1. The minimum atomic E-state index is -0.352. The lowest BCUT2D eigenvalue weighted by Crippen LogP contribution is -2.19. The van der Waals surface area contributed by atoms with Crippen molar-refractivity contribution in [3.63, 3.8) is 0 Å². The Bertz CT molecular complexity index is 631. The molecule has 0 bridgehead atoms. The molecular weight excluding hydrogens is 308 g/mol. The fourth-order valence-electron chi connectivity index (χ4n) is 1.93. The van der Waals surface area contributed by atoms with Crippen molar-refractivity contribution in [2.45, 2.75) is 13.3 Å². The van der Waals surface area contributed by atoms with E-state index in [-0.39, 0.29) is 5.97 Å². The largest absolute Gasteiger partial charge is 0.462 e. The second kappa shape index (κ2) is 6.02. The van der Waals surface area contributed by atoms with Gasteiger partial charge in [-0.05, 0) is 30.7 Å². The van der Waals surface area contributed by atoms with E-state index >= 15 is 0 Å². The zero-order chi connectivity index (χ0) is 13.8. The molecule has 2 aromatic rings. The number of aromatic nitrogens is 1. The predicted molar refractivity (Wildman–Crippen MR) is 79.7 cm³/mol. The first-order chi connectivity index (χ1) is 9.15. The molecule has 0 aliphatic rings. The first-order valence-corrected chi connectivity index (χ1v) is 6.83. The molecule has 4 nitrogen and oxygen atoms in total. The van der Waals surface area contributed by atoms with E-state index in [1.54, 1.807) is 14.0 Å². The Morgan fingerprint density at radius 2 is 2.26 bits per heavy atom. The fraction of sp³-hybridized carbons (Fsp3) is 0.286. The topological polar surface area (TPSA) is 54.5 Å². The van der Waals surface area contributed by atoms with Crippen LogP contribution in [-0.2, 0) is 16.0 Å². The number of H-pyrrole nitrogens is 1. The summed E-state index contributed by atoms with van der Waals surface area (Å²) in [7, 11) is 1.61. The van der Waals surface area contributed by atoms with Crippen LogP contribution in [0.1, 0.15) is 12.5 Å². The normalized spacial score (nSPS) is 11.8. The predicted octanol–water partition coefficient (Wildman–Crippen LogP) is 3.11. The maximum atomic E-state index is 11.7. The third-order valence-corrected chi connectivity index (χ3v) is 3.36. The number of fused-ring (bicyclic) bond motifs is 1. The van der Waals surface area contributed by atoms with Gasteiger partial charge in [0.1, 0.15) is 5.71 Å². The molecule has 19 heavy (non-hydrogen) atoms. The van der Waals surface area contributed by atoms with Crippen LogP contribution in [0.25, 0.3) is 10.9 Å². The summed E-state index contributed by atoms with van der Waals surface area (Å²) in [5.74, 6) is -0.352. The van der Waals surface area contributed by atoms with Gasteiger partial charge in [0, 0.05) is 35.0 Å². The van der Waals surface area contributed by atoms with Crippen LogP contribution in [0.3, 0.4) is 0 Å². The molecular formula is C14H15BrN2O2. The average molecular weight is 323 g/mol. The lowest BCUT2D eigenvalue weighted by atomic mass is 10.1. The maximum absolute atomic E-state index is 11.7. The van der Waals surface area contributed by atoms with Crippen molar-refractivity contribution in [1.29, 1.82) is 0 Å². The highest BCUT2D eigenvalue weighted by molar-refractivity contribution is 9.10. The number of carbonyl (C=O) groups excluding carboxylic acids is 1. The molecule has 1 aromatic carbocycles. The first kappa shape index (κ1) is 13.8. The number of halogens is 1. The molecule has 0 radical (unpaired) electrons. The second-order valence-electron chi connectivity index (χ2n) is 4.07. The summed E-state index contributed by atoms with van der Waals surface area (Å²) in [6, 6.07) is 6.00. The van der Waals surface area contributed by atoms with Crippen LogP contribution in [0.2, 0.25) is 0 Å². The molecule has 0 amide bonds. The molecule has 2 rings (SSSR count). The van der Waals surface area contributed by atoms with Crippen LogP contribution >= 0.6 is 15.9 Å². The number of benzene rings is 1. The van der Waals surface area contributed by atoms with Crippen LogP contribution in [0.15, 0.2) is 33.9 Å². The van der Waals surface area contributed by atoms with Crippen molar-refractivity contribution in [2.75, 3.05) is 13.7 Å². The zero-order valence-corrected chi connectivity index (χ0v) is 12.5. The number of esters is 1. The highest BCUT2D eigenvalue weighted by Gasteiger charge is 2.15. The number of hydrogen-bond acceptors (Lipinski definition) is 3. The van der Waals surface area contributed by atoms with Crippen molar-refractivity contribution in [3.05, 3.63) is 34.4 Å². The van der Waals surface area contributed by atoms with E-state index in [9.17, 15) is 4.79 Å². The van der Waals surface area contributed by atoms with Gasteiger partial charge in [0.25, 0.3) is 0 Å². The lowest BCUT2D eigenvalue weighted by Gasteiger charge is -2.04. The third kappa shape index (κ3) is 3.04. The Balaban J connectivity index is 2.30. The molecule has 0 saturated carbocycles. The summed E-state index contributed by atoms with van der Waals surface area (Å²) in [6.45, 7) is 2.14. The molecule has 0 aliphatic heterocycles. The van der Waals surface area contributed by atoms with E-state index in [4.69, 9.17) is 4.74 Å². The summed E-state index contributed by atoms with van der Waals surface area (Å²) >= 11 is 3.45. The van der Waals surface area contributed by atoms with Gasteiger partial charge in [-0.25, -0.2) is 4.79 Å². The van der Waals surface area contributed by atoms with E-state index in [2.05, 4.69) is 25.9 Å². The minimum Gasteiger partial charge on any atom is -0.462 e. The lowest BCUT2D eigenvalue weighted by molar-refractivity contribution is -0.135. The second-order valence-corrected chi connectivity index (χ2v) is 4.99. The number of aromatic amines is 1. The highest BCUT2D eigenvalue weighted by Crippen LogP contribution is 2.23. The molecule has 0 fully saturated rings. The quantitative estimate of drug-likeness (QED) is 0.694. The zero-order valence-electron chi connectivity index (χ0n) is 10.9. The smallest absolute Gasteiger partial charge is 0.352 e. The van der Waals surface area contributed by atoms with Gasteiger partial charge in [-0.15, -0.1) is 0 Å². The average Bonchev–Trinajstić information content (AvgIpc) is 2.78. The standard InChI is InChI=1S/C14H15BrN2O2/c1-3-19-14(18)13(16-2)6-9-8-17-12-5-4-10(15)7-11(9)12/h4-5,7-8,17H,3,6H2,1-2H3/b16-13+. The summed E-state index contributed by atoms with van der Waals surface area (Å²) in [5, 5.41) is 1.08. The van der Waals surface area contributed by atoms with Crippen LogP contribution in [0.4, 0.5) is 0 Å². The number of nitrogens with one attached hydrogen (secondary N) is 1. The van der Waals surface area contributed by atoms with Crippen molar-refractivity contribution in [1.82, 2.24) is 4.98 Å². The Hall–Kier alpha value is -1.62. The van der Waals surface area contributed by atoms with Crippen molar-refractivity contribution in [3.8, 4) is 0 Å². The molecule has 5 heteroatoms. The molecule has 0 aliphatic carbocycles. The van der Waals surface area contributed by atoms with Crippen LogP contribution < -0.4 is 0 Å². The molecule has 1 heterocycles. The van der Waals surface area contributed by atoms with Gasteiger partial charge in [-0.2, -0.15) is 0 Å². The van der Waals surface area contributed by atoms with Gasteiger partial charge < -0.3 is 9.72 Å². The fourth-order valence-corrected chi connectivity index (χ4v) is 2.30. The van der Waals surface area contributed by atoms with Gasteiger partial charge >= 0.3 is 5.97 Å². The molecule has 1 aromatic heterocycles. The van der Waals surface area contributed by atoms with Crippen molar-refractivity contribution < 1.29 is 9.53 Å². The molecule has 0 atom stereocenters. The molecule has 100 valence electrons. The maximum Gasteiger partial charge on any atom is 0.352 e. The van der Waals surface area contributed by atoms with E-state index in [0.717, 1.165) is 20.9 Å². The number of hydrogen-bond donors (Lipinski definition) is 1. The molecule has 0 spiro atoms. The summed E-state index contributed by atoms with van der Waals surface area (Å²) < 4.78 is 6.00. The van der Waals surface area contributed by atoms with Gasteiger partial charge in [0.2, 0.25) is 0 Å². The van der Waals surface area contributed by atoms with E-state index in [0.29, 0.717) is 18.7 Å². The van der Waals surface area contributed by atoms with Crippen molar-refractivity contribution in [2.24, 2.45) is 4.99 Å². The number of ether oxygens (including phenoxy) is 1. The van der Waals surface area contributed by atoms with E-state index in [1.165, 1.54) is 0 Å². The SMILES string of the molecule is CCOC(=O)/C(Cc1c[nH]c2ccc(Br)cc12)=N/C. The number of carbonyl (C=O) groups is 1. The van der Waals surface area contributed by atoms with Crippen LogP contribution in [0, 0.1) is 0 Å². The monoisotopic (exact) mass is 322 g/mol. The van der Waals surface area contributed by atoms with Crippen molar-refractivity contribution >= 4 is 38.5 Å². The van der Waals surface area contributed by atoms with Gasteiger partial charge in [-0.3, -0.25) is 4.99 Å². The molecule has 0 saturated heterocycles. The Labute approximate surface area is 120 Å². The van der Waals surface area contributed by atoms with Gasteiger partial charge in [0.15, 0.2) is 0 Å². The summed E-state index contributed by atoms with van der Waals surface area (Å²) in [6.07, 6.45) is 2.37. The Kier molecular flexibility index (Phi) is 4.37. The summed E-state index contributed by atoms with van der Waals surface area (Å²) in [5.41, 5.74) is 2.50. The van der Waals surface area contributed by atoms with E-state index in [1.807, 2.05) is 24.4 Å². The number of nitrogens with zero attached hydrogens (tertiary/aromatic N) is 1. The third-order valence-electron chi connectivity index (χ3n) is 2.87. The number of rotatable bonds is 4. The van der Waals surface area contributed by atoms with Gasteiger partial charge in [-0.1, -0.05) is 15.9 Å². The Morgan fingerprint density at radius 1 is 1.47 bits per heavy atom. The van der Waals surface area contributed by atoms with Crippen LogP contribution in [0.5, 0.6) is 0 Å². The van der Waals surface area contributed by atoms with Crippen LogP contribution in [-0.4, -0.2) is 30.3 Å².